The van der Waals surface area contributed by atoms with E-state index in [0.717, 1.165) is 28.5 Å². The lowest BCUT2D eigenvalue weighted by atomic mass is 9.97. The molecule has 7 heteroatoms. The quantitative estimate of drug-likeness (QED) is 0.601. The minimum atomic E-state index is -0.670. The molecule has 2 N–H and O–H groups in total. The van der Waals surface area contributed by atoms with Gasteiger partial charge in [-0.15, -0.1) is 0 Å². The predicted octanol–water partition coefficient (Wildman–Crippen LogP) is 2.36. The molecule has 0 bridgehead atoms. The Balaban J connectivity index is 1.75. The molecule has 7 nitrogen and oxygen atoms in total. The summed E-state index contributed by atoms with van der Waals surface area (Å²) in [6.07, 6.45) is 3.39. The van der Waals surface area contributed by atoms with Gasteiger partial charge < -0.3 is 19.9 Å². The third-order valence-corrected chi connectivity index (χ3v) is 5.64. The average molecular weight is 395 g/mol. The molecule has 0 aliphatic carbocycles. The van der Waals surface area contributed by atoms with E-state index in [4.69, 9.17) is 4.74 Å². The molecule has 2 aliphatic heterocycles. The largest absolute Gasteiger partial charge is 0.497 e. The van der Waals surface area contributed by atoms with Gasteiger partial charge in [-0.05, 0) is 50.5 Å². The summed E-state index contributed by atoms with van der Waals surface area (Å²) in [5, 5.41) is 3.72. The number of amides is 2. The zero-order chi connectivity index (χ0) is 20.7. The number of ether oxygens (including phenoxy) is 1. The van der Waals surface area contributed by atoms with Crippen molar-refractivity contribution in [2.75, 3.05) is 13.7 Å². The number of fused-ring (bicyclic) bond motifs is 2. The summed E-state index contributed by atoms with van der Waals surface area (Å²) >= 11 is 0. The Morgan fingerprint density at radius 1 is 1.31 bits per heavy atom. The number of aromatic amines is 1. The van der Waals surface area contributed by atoms with Gasteiger partial charge in [0.1, 0.15) is 17.8 Å². The summed E-state index contributed by atoms with van der Waals surface area (Å²) in [5.74, 6) is 0.346. The first-order valence-electron chi connectivity index (χ1n) is 9.87. The lowest BCUT2D eigenvalue weighted by molar-refractivity contribution is -0.146. The highest BCUT2D eigenvalue weighted by atomic mass is 16.5. The van der Waals surface area contributed by atoms with Gasteiger partial charge in [-0.1, -0.05) is 5.57 Å². The van der Waals surface area contributed by atoms with Gasteiger partial charge in [-0.25, -0.2) is 0 Å². The maximum absolute atomic E-state index is 13.0. The number of nitrogens with zero attached hydrogens (tertiary/aromatic N) is 1. The fourth-order valence-electron chi connectivity index (χ4n) is 4.29. The van der Waals surface area contributed by atoms with Crippen LogP contribution in [-0.2, 0) is 16.0 Å². The maximum atomic E-state index is 13.0. The lowest BCUT2D eigenvalue weighted by Gasteiger charge is -2.34. The van der Waals surface area contributed by atoms with Gasteiger partial charge in [0.2, 0.25) is 17.6 Å². The average Bonchev–Trinajstić information content (AvgIpc) is 3.30. The molecule has 0 spiro atoms. The van der Waals surface area contributed by atoms with Crippen molar-refractivity contribution >= 4 is 28.5 Å². The van der Waals surface area contributed by atoms with Crippen molar-refractivity contribution in [3.63, 3.8) is 0 Å². The van der Waals surface area contributed by atoms with Crippen LogP contribution in [0.1, 0.15) is 42.7 Å². The van der Waals surface area contributed by atoms with Crippen molar-refractivity contribution < 1.29 is 19.1 Å². The van der Waals surface area contributed by atoms with Crippen molar-refractivity contribution in [3.8, 4) is 5.75 Å². The van der Waals surface area contributed by atoms with E-state index in [-0.39, 0.29) is 30.1 Å². The molecule has 2 fully saturated rings. The third-order valence-electron chi connectivity index (χ3n) is 5.64. The van der Waals surface area contributed by atoms with Gasteiger partial charge >= 0.3 is 0 Å². The van der Waals surface area contributed by atoms with E-state index >= 15 is 0 Å². The summed E-state index contributed by atoms with van der Waals surface area (Å²) in [5.41, 5.74) is 2.83. The van der Waals surface area contributed by atoms with Crippen LogP contribution in [0.2, 0.25) is 0 Å². The first-order valence-corrected chi connectivity index (χ1v) is 9.87. The number of aromatic nitrogens is 1. The smallest absolute Gasteiger partial charge is 0.246 e. The number of ketones is 1. The molecule has 3 heterocycles. The molecular formula is C22H25N3O4. The van der Waals surface area contributed by atoms with Crippen LogP contribution in [-0.4, -0.2) is 53.2 Å². The topological polar surface area (TPSA) is 91.5 Å². The van der Waals surface area contributed by atoms with Gasteiger partial charge in [-0.3, -0.25) is 14.4 Å². The number of methoxy groups -OCH3 is 1. The Hall–Kier alpha value is -3.09. The van der Waals surface area contributed by atoms with E-state index in [9.17, 15) is 14.4 Å². The zero-order valence-corrected chi connectivity index (χ0v) is 16.9. The summed E-state index contributed by atoms with van der Waals surface area (Å²) in [6.45, 7) is 4.34. The van der Waals surface area contributed by atoms with Crippen LogP contribution >= 0.6 is 0 Å². The molecular weight excluding hydrogens is 370 g/mol. The van der Waals surface area contributed by atoms with Crippen LogP contribution in [0.25, 0.3) is 10.9 Å². The summed E-state index contributed by atoms with van der Waals surface area (Å²) in [4.78, 5) is 43.1. The fourth-order valence-corrected chi connectivity index (χ4v) is 4.29. The number of allylic oxidation sites excluding steroid dienone is 2. The molecule has 4 rings (SSSR count). The number of benzene rings is 1. The molecule has 0 radical (unpaired) electrons. The Morgan fingerprint density at radius 3 is 2.83 bits per heavy atom. The van der Waals surface area contributed by atoms with Crippen molar-refractivity contribution in [3.05, 3.63) is 41.1 Å². The van der Waals surface area contributed by atoms with Gasteiger partial charge in [0.15, 0.2) is 0 Å². The Kier molecular flexibility index (Phi) is 4.90. The predicted molar refractivity (Wildman–Crippen MR) is 109 cm³/mol. The second kappa shape index (κ2) is 7.39. The highest BCUT2D eigenvalue weighted by molar-refractivity contribution is 6.09. The lowest BCUT2D eigenvalue weighted by Crippen LogP contribution is -2.61. The van der Waals surface area contributed by atoms with Crippen LogP contribution in [0.3, 0.4) is 0 Å². The van der Waals surface area contributed by atoms with E-state index in [1.807, 2.05) is 32.0 Å². The van der Waals surface area contributed by atoms with Crippen LogP contribution in [0.4, 0.5) is 0 Å². The summed E-state index contributed by atoms with van der Waals surface area (Å²) in [6, 6.07) is 4.52. The van der Waals surface area contributed by atoms with Crippen LogP contribution < -0.4 is 10.1 Å². The highest BCUT2D eigenvalue weighted by Crippen LogP contribution is 2.30. The molecule has 29 heavy (non-hydrogen) atoms. The number of rotatable bonds is 5. The zero-order valence-electron chi connectivity index (χ0n) is 16.9. The van der Waals surface area contributed by atoms with E-state index in [1.165, 1.54) is 0 Å². The SMILES string of the molecule is COc1ccc2c(CC3NC(=O)[C@@H]4CCCN4C3=O)c(C(=O)C=C(C)C)[nH]c2c1. The first-order chi connectivity index (χ1) is 13.9. The number of hydrogen-bond donors (Lipinski definition) is 2. The second-order valence-corrected chi connectivity index (χ2v) is 7.93. The molecule has 0 saturated carbocycles. The van der Waals surface area contributed by atoms with E-state index in [1.54, 1.807) is 18.1 Å². The van der Waals surface area contributed by atoms with Crippen molar-refractivity contribution in [1.82, 2.24) is 15.2 Å². The summed E-state index contributed by atoms with van der Waals surface area (Å²) < 4.78 is 5.29. The molecule has 2 aromatic rings. The Morgan fingerprint density at radius 2 is 2.10 bits per heavy atom. The molecule has 2 aliphatic rings. The molecule has 1 aromatic heterocycles. The molecule has 1 aromatic carbocycles. The number of nitrogens with one attached hydrogen (secondary N) is 2. The molecule has 152 valence electrons. The third kappa shape index (κ3) is 3.41. The van der Waals surface area contributed by atoms with Crippen molar-refractivity contribution in [2.45, 2.75) is 45.2 Å². The normalized spacial score (nSPS) is 21.1. The molecule has 2 saturated heterocycles. The number of hydrogen-bond acceptors (Lipinski definition) is 4. The van der Waals surface area contributed by atoms with Gasteiger partial charge in [-0.2, -0.15) is 0 Å². The second-order valence-electron chi connectivity index (χ2n) is 7.93. The van der Waals surface area contributed by atoms with E-state index in [2.05, 4.69) is 10.3 Å². The minimum absolute atomic E-state index is 0.0735. The molecule has 2 atom stereocenters. The minimum Gasteiger partial charge on any atom is -0.497 e. The van der Waals surface area contributed by atoms with Crippen LogP contribution in [0, 0.1) is 0 Å². The number of H-pyrrole nitrogens is 1. The standard InChI is InChI=1S/C22H25N3O4/c1-12(2)9-19(26)20-15(14-7-6-13(29-3)10-16(14)23-20)11-17-22(28)25-8-4-5-18(25)21(27)24-17/h6-7,9-10,17-18,23H,4-5,8,11H2,1-3H3,(H,24,27)/t17?,18-/m0/s1. The maximum Gasteiger partial charge on any atom is 0.246 e. The van der Waals surface area contributed by atoms with E-state index in [0.29, 0.717) is 24.4 Å². The van der Waals surface area contributed by atoms with Gasteiger partial charge in [0.25, 0.3) is 0 Å². The fraction of sp³-hybridized carbons (Fsp3) is 0.409. The number of carbonyl (C=O) groups is 3. The van der Waals surface area contributed by atoms with Crippen molar-refractivity contribution in [2.24, 2.45) is 0 Å². The van der Waals surface area contributed by atoms with Crippen molar-refractivity contribution in [1.29, 1.82) is 0 Å². The van der Waals surface area contributed by atoms with Crippen LogP contribution in [0.15, 0.2) is 29.8 Å². The number of carbonyl (C=O) groups excluding carboxylic acids is 3. The van der Waals surface area contributed by atoms with Gasteiger partial charge in [0.05, 0.1) is 12.8 Å². The monoisotopic (exact) mass is 395 g/mol. The van der Waals surface area contributed by atoms with E-state index < -0.39 is 6.04 Å². The van der Waals surface area contributed by atoms with Crippen LogP contribution in [0.5, 0.6) is 5.75 Å². The molecule has 1 unspecified atom stereocenters. The van der Waals surface area contributed by atoms with Gasteiger partial charge in [0, 0.05) is 29.9 Å². The summed E-state index contributed by atoms with van der Waals surface area (Å²) in [7, 11) is 1.59. The Bertz CT molecular complexity index is 1030. The first kappa shape index (κ1) is 19.2. The molecule has 2 amide bonds. The highest BCUT2D eigenvalue weighted by Gasteiger charge is 2.43. The number of piperazine rings is 1. The Labute approximate surface area is 169 Å².